The summed E-state index contributed by atoms with van der Waals surface area (Å²) in [5.74, 6) is 0.474. The van der Waals surface area contributed by atoms with Crippen molar-refractivity contribution in [1.82, 2.24) is 0 Å². The molecule has 0 nitrogen and oxygen atoms in total. The summed E-state index contributed by atoms with van der Waals surface area (Å²) in [5.41, 5.74) is 10.4. The summed E-state index contributed by atoms with van der Waals surface area (Å²) < 4.78 is 2.75. The summed E-state index contributed by atoms with van der Waals surface area (Å²) in [7, 11) is 0. The van der Waals surface area contributed by atoms with E-state index in [0.717, 1.165) is 6.42 Å². The molecule has 0 radical (unpaired) electrons. The van der Waals surface area contributed by atoms with Crippen LogP contribution in [-0.4, -0.2) is 0 Å². The number of hydrogen-bond donors (Lipinski definition) is 0. The summed E-state index contributed by atoms with van der Waals surface area (Å²) in [4.78, 5) is 0. The first-order chi connectivity index (χ1) is 16.6. The van der Waals surface area contributed by atoms with E-state index in [-0.39, 0.29) is 5.41 Å². The molecule has 1 heterocycles. The van der Waals surface area contributed by atoms with Gasteiger partial charge in [-0.15, -0.1) is 11.3 Å². The molecular formula is C33H24S. The lowest BCUT2D eigenvalue weighted by atomic mass is 9.57. The predicted molar refractivity (Wildman–Crippen MR) is 147 cm³/mol. The van der Waals surface area contributed by atoms with E-state index in [9.17, 15) is 0 Å². The van der Waals surface area contributed by atoms with E-state index in [2.05, 4.69) is 105 Å². The Labute approximate surface area is 203 Å². The highest BCUT2D eigenvalue weighted by Crippen LogP contribution is 2.59. The number of fused-ring (bicyclic) bond motifs is 9. The zero-order chi connectivity index (χ0) is 22.6. The molecular weight excluding hydrogens is 428 g/mol. The fourth-order valence-corrected chi connectivity index (χ4v) is 8.00. The van der Waals surface area contributed by atoms with Gasteiger partial charge in [0.2, 0.25) is 0 Å². The Hall–Kier alpha value is -3.42. The number of thiophene rings is 1. The van der Waals surface area contributed by atoms with Crippen LogP contribution in [0, 0.1) is 0 Å². The molecule has 1 aromatic heterocycles. The minimum absolute atomic E-state index is 0.0821. The second-order valence-corrected chi connectivity index (χ2v) is 11.6. The SMILES string of the molecule is CC1(C)c2ccccc2-c2c3c(cc4cc5sc6ccccc6c5cc24)-c2ccccc2CC31. The Morgan fingerprint density at radius 1 is 0.676 bits per heavy atom. The summed E-state index contributed by atoms with van der Waals surface area (Å²) in [6.45, 7) is 4.91. The van der Waals surface area contributed by atoms with Gasteiger partial charge in [-0.25, -0.2) is 0 Å². The van der Waals surface area contributed by atoms with Crippen molar-refractivity contribution >= 4 is 42.3 Å². The Balaban J connectivity index is 1.60. The molecule has 162 valence electrons. The molecule has 2 aliphatic carbocycles. The van der Waals surface area contributed by atoms with Crippen LogP contribution in [0.2, 0.25) is 0 Å². The van der Waals surface area contributed by atoms with Crippen LogP contribution in [0.3, 0.4) is 0 Å². The smallest absolute Gasteiger partial charge is 0.0361 e. The predicted octanol–water partition coefficient (Wildman–Crippen LogP) is 9.47. The normalized spacial score (nSPS) is 17.5. The number of hydrogen-bond acceptors (Lipinski definition) is 1. The van der Waals surface area contributed by atoms with Crippen LogP contribution in [0.25, 0.3) is 53.2 Å². The van der Waals surface area contributed by atoms with Crippen LogP contribution in [0.1, 0.15) is 36.5 Å². The molecule has 0 amide bonds. The van der Waals surface area contributed by atoms with Gasteiger partial charge in [-0.3, -0.25) is 0 Å². The van der Waals surface area contributed by atoms with Crippen molar-refractivity contribution in [1.29, 1.82) is 0 Å². The molecule has 0 N–H and O–H groups in total. The Morgan fingerprint density at radius 3 is 2.35 bits per heavy atom. The molecule has 0 spiro atoms. The highest BCUT2D eigenvalue weighted by atomic mass is 32.1. The summed E-state index contributed by atoms with van der Waals surface area (Å²) >= 11 is 1.91. The summed E-state index contributed by atoms with van der Waals surface area (Å²) in [6, 6.07) is 34.5. The third-order valence-electron chi connectivity index (χ3n) is 8.52. The van der Waals surface area contributed by atoms with Crippen LogP contribution in [0.15, 0.2) is 91.0 Å². The van der Waals surface area contributed by atoms with Gasteiger partial charge in [0.15, 0.2) is 0 Å². The van der Waals surface area contributed by atoms with Crippen LogP contribution in [-0.2, 0) is 11.8 Å². The largest absolute Gasteiger partial charge is 0.135 e. The maximum Gasteiger partial charge on any atom is 0.0361 e. The van der Waals surface area contributed by atoms with Crippen molar-refractivity contribution in [3.05, 3.63) is 108 Å². The highest BCUT2D eigenvalue weighted by molar-refractivity contribution is 7.25. The van der Waals surface area contributed by atoms with Crippen molar-refractivity contribution in [3.8, 4) is 22.3 Å². The summed E-state index contributed by atoms with van der Waals surface area (Å²) in [6.07, 6.45) is 1.10. The van der Waals surface area contributed by atoms with Gasteiger partial charge in [0.1, 0.15) is 0 Å². The Kier molecular flexibility index (Phi) is 3.55. The van der Waals surface area contributed by atoms with Crippen molar-refractivity contribution in [2.45, 2.75) is 31.6 Å². The third kappa shape index (κ3) is 2.28. The molecule has 0 bridgehead atoms. The first-order valence-corrected chi connectivity index (χ1v) is 13.0. The lowest BCUT2D eigenvalue weighted by molar-refractivity contribution is 0.402. The molecule has 8 rings (SSSR count). The molecule has 1 heteroatoms. The topological polar surface area (TPSA) is 0 Å². The van der Waals surface area contributed by atoms with E-state index in [1.54, 1.807) is 5.56 Å². The van der Waals surface area contributed by atoms with Crippen molar-refractivity contribution in [2.75, 3.05) is 0 Å². The maximum absolute atomic E-state index is 2.49. The Bertz CT molecular complexity index is 1810. The monoisotopic (exact) mass is 452 g/mol. The van der Waals surface area contributed by atoms with Crippen LogP contribution in [0.4, 0.5) is 0 Å². The second-order valence-electron chi connectivity index (χ2n) is 10.6. The van der Waals surface area contributed by atoms with Crippen molar-refractivity contribution in [2.24, 2.45) is 0 Å². The molecule has 0 saturated carbocycles. The molecule has 2 aliphatic rings. The van der Waals surface area contributed by atoms with Crippen LogP contribution in [0.5, 0.6) is 0 Å². The van der Waals surface area contributed by atoms with E-state index >= 15 is 0 Å². The fourth-order valence-electron chi connectivity index (χ4n) is 6.86. The van der Waals surface area contributed by atoms with Gasteiger partial charge < -0.3 is 0 Å². The van der Waals surface area contributed by atoms with E-state index in [1.165, 1.54) is 64.3 Å². The lowest BCUT2D eigenvalue weighted by Gasteiger charge is -2.46. The first-order valence-electron chi connectivity index (χ1n) is 12.2. The van der Waals surface area contributed by atoms with E-state index in [4.69, 9.17) is 0 Å². The average Bonchev–Trinajstić information content (AvgIpc) is 3.22. The minimum Gasteiger partial charge on any atom is -0.135 e. The van der Waals surface area contributed by atoms with Crippen LogP contribution < -0.4 is 0 Å². The van der Waals surface area contributed by atoms with Crippen molar-refractivity contribution < 1.29 is 0 Å². The van der Waals surface area contributed by atoms with E-state index in [0.29, 0.717) is 5.92 Å². The van der Waals surface area contributed by atoms with Crippen molar-refractivity contribution in [3.63, 3.8) is 0 Å². The molecule has 1 atom stereocenters. The second kappa shape index (κ2) is 6.37. The number of benzene rings is 5. The molecule has 6 aromatic rings. The third-order valence-corrected chi connectivity index (χ3v) is 9.65. The molecule has 0 aliphatic heterocycles. The minimum atomic E-state index is 0.0821. The average molecular weight is 453 g/mol. The first kappa shape index (κ1) is 18.9. The van der Waals surface area contributed by atoms with E-state index < -0.39 is 0 Å². The van der Waals surface area contributed by atoms with Gasteiger partial charge >= 0.3 is 0 Å². The Morgan fingerprint density at radius 2 is 1.44 bits per heavy atom. The van der Waals surface area contributed by atoms with Gasteiger partial charge in [-0.2, -0.15) is 0 Å². The molecule has 0 saturated heterocycles. The molecule has 34 heavy (non-hydrogen) atoms. The van der Waals surface area contributed by atoms with Crippen LogP contribution >= 0.6 is 11.3 Å². The molecule has 1 unspecified atom stereocenters. The number of rotatable bonds is 0. The van der Waals surface area contributed by atoms with Gasteiger partial charge in [0, 0.05) is 20.2 Å². The van der Waals surface area contributed by atoms with Gasteiger partial charge in [-0.05, 0) is 91.7 Å². The van der Waals surface area contributed by atoms with Gasteiger partial charge in [0.25, 0.3) is 0 Å². The summed E-state index contributed by atoms with van der Waals surface area (Å²) in [5, 5.41) is 5.53. The zero-order valence-corrected chi connectivity index (χ0v) is 20.2. The van der Waals surface area contributed by atoms with E-state index in [1.807, 2.05) is 11.3 Å². The molecule has 5 aromatic carbocycles. The quantitative estimate of drug-likeness (QED) is 0.215. The standard InChI is InChI=1S/C33H24S/c1-33(2)27-13-7-5-12-23(27)31-24-18-25-22-11-6-8-14-29(22)34-30(25)17-20(24)15-26-21-10-4-3-9-19(21)16-28(33)32(26)31/h3-15,17-18,28H,16H2,1-2H3. The van der Waals surface area contributed by atoms with Gasteiger partial charge in [0.05, 0.1) is 0 Å². The fraction of sp³-hybridized carbons (Fsp3) is 0.152. The highest BCUT2D eigenvalue weighted by Gasteiger charge is 2.44. The maximum atomic E-state index is 2.49. The lowest BCUT2D eigenvalue weighted by Crippen LogP contribution is -2.34. The zero-order valence-electron chi connectivity index (χ0n) is 19.4. The van der Waals surface area contributed by atoms with Gasteiger partial charge in [-0.1, -0.05) is 80.6 Å². The molecule has 0 fully saturated rings.